The van der Waals surface area contributed by atoms with Crippen molar-refractivity contribution in [2.75, 3.05) is 7.05 Å². The molecule has 1 unspecified atom stereocenters. The molecule has 2 aromatic rings. The maximum atomic E-state index is 11.3. The van der Waals surface area contributed by atoms with Gasteiger partial charge in [-0.15, -0.1) is 0 Å². The van der Waals surface area contributed by atoms with Crippen molar-refractivity contribution in [1.82, 2.24) is 5.32 Å². The molecule has 0 aliphatic carbocycles. The number of ether oxygens (including phenoxy) is 1. The van der Waals surface area contributed by atoms with Crippen molar-refractivity contribution < 1.29 is 19.7 Å². The molecule has 0 spiro atoms. The molecule has 5 nitrogen and oxygen atoms in total. The lowest BCUT2D eigenvalue weighted by atomic mass is 10.0. The van der Waals surface area contributed by atoms with Crippen LogP contribution in [-0.4, -0.2) is 23.2 Å². The highest BCUT2D eigenvalue weighted by Crippen LogP contribution is 2.33. The Bertz CT molecular complexity index is 655. The van der Waals surface area contributed by atoms with E-state index >= 15 is 0 Å². The van der Waals surface area contributed by atoms with Gasteiger partial charge in [0.05, 0.1) is 0 Å². The van der Waals surface area contributed by atoms with E-state index in [0.29, 0.717) is 17.7 Å². The van der Waals surface area contributed by atoms with E-state index in [-0.39, 0.29) is 11.5 Å². The SMILES string of the molecule is CNC(C(=O)O)c1cc(C)c(O)c(OCc2ccccc2)c1. The lowest BCUT2D eigenvalue weighted by Crippen LogP contribution is -2.25. The topological polar surface area (TPSA) is 78.8 Å². The lowest BCUT2D eigenvalue weighted by molar-refractivity contribution is -0.139. The van der Waals surface area contributed by atoms with E-state index in [1.807, 2.05) is 30.3 Å². The summed E-state index contributed by atoms with van der Waals surface area (Å²) in [6.07, 6.45) is 0. The van der Waals surface area contributed by atoms with Gasteiger partial charge in [-0.2, -0.15) is 0 Å². The van der Waals surface area contributed by atoms with Gasteiger partial charge in [-0.05, 0) is 42.8 Å². The first-order valence-corrected chi connectivity index (χ1v) is 6.93. The van der Waals surface area contributed by atoms with Crippen molar-refractivity contribution in [2.45, 2.75) is 19.6 Å². The Morgan fingerprint density at radius 2 is 1.95 bits per heavy atom. The Balaban J connectivity index is 2.26. The van der Waals surface area contributed by atoms with Crippen LogP contribution in [0.25, 0.3) is 0 Å². The maximum Gasteiger partial charge on any atom is 0.325 e. The molecule has 0 aromatic heterocycles. The number of aliphatic carboxylic acids is 1. The van der Waals surface area contributed by atoms with Gasteiger partial charge in [0.1, 0.15) is 12.6 Å². The van der Waals surface area contributed by atoms with Crippen molar-refractivity contribution in [3.8, 4) is 11.5 Å². The van der Waals surface area contributed by atoms with Gasteiger partial charge in [0, 0.05) is 0 Å². The highest BCUT2D eigenvalue weighted by Gasteiger charge is 2.20. The van der Waals surface area contributed by atoms with Gasteiger partial charge in [0.2, 0.25) is 0 Å². The number of benzene rings is 2. The van der Waals surface area contributed by atoms with E-state index in [1.165, 1.54) is 0 Å². The zero-order valence-electron chi connectivity index (χ0n) is 12.5. The third-order valence-electron chi connectivity index (χ3n) is 3.39. The summed E-state index contributed by atoms with van der Waals surface area (Å²) in [5.41, 5.74) is 2.07. The number of aryl methyl sites for hydroxylation is 1. The number of phenols is 1. The molecule has 0 fully saturated rings. The van der Waals surface area contributed by atoms with Crippen molar-refractivity contribution in [3.05, 3.63) is 59.2 Å². The van der Waals surface area contributed by atoms with E-state index in [0.717, 1.165) is 5.56 Å². The Labute approximate surface area is 129 Å². The fraction of sp³-hybridized carbons (Fsp3) is 0.235. The van der Waals surface area contributed by atoms with Crippen LogP contribution in [0.1, 0.15) is 22.7 Å². The van der Waals surface area contributed by atoms with Crippen LogP contribution < -0.4 is 10.1 Å². The van der Waals surface area contributed by atoms with E-state index in [4.69, 9.17) is 4.74 Å². The lowest BCUT2D eigenvalue weighted by Gasteiger charge is -2.16. The summed E-state index contributed by atoms with van der Waals surface area (Å²) in [5.74, 6) is -0.679. The van der Waals surface area contributed by atoms with Gasteiger partial charge in [0.15, 0.2) is 11.5 Å². The predicted molar refractivity (Wildman–Crippen MR) is 83.1 cm³/mol. The van der Waals surface area contributed by atoms with E-state index in [9.17, 15) is 15.0 Å². The summed E-state index contributed by atoms with van der Waals surface area (Å²) in [6.45, 7) is 2.01. The number of carbonyl (C=O) groups is 1. The molecule has 2 rings (SSSR count). The number of hydrogen-bond donors (Lipinski definition) is 3. The third kappa shape index (κ3) is 3.56. The standard InChI is InChI=1S/C17H19NO4/c1-11-8-13(15(18-2)17(20)21)9-14(16(11)19)22-10-12-6-4-3-5-7-12/h3-9,15,18-19H,10H2,1-2H3,(H,20,21). The zero-order valence-corrected chi connectivity index (χ0v) is 12.5. The number of likely N-dealkylation sites (N-methyl/N-ethyl adjacent to an activating group) is 1. The number of carboxylic acids is 1. The van der Waals surface area contributed by atoms with Crippen LogP contribution in [0, 0.1) is 6.92 Å². The van der Waals surface area contributed by atoms with Crippen LogP contribution in [-0.2, 0) is 11.4 Å². The number of aromatic hydroxyl groups is 1. The highest BCUT2D eigenvalue weighted by atomic mass is 16.5. The molecule has 0 aliphatic heterocycles. The Hall–Kier alpha value is -2.53. The average Bonchev–Trinajstić information content (AvgIpc) is 2.50. The van der Waals surface area contributed by atoms with Crippen molar-refractivity contribution >= 4 is 5.97 Å². The van der Waals surface area contributed by atoms with Gasteiger partial charge >= 0.3 is 5.97 Å². The molecule has 0 radical (unpaired) electrons. The number of hydrogen-bond acceptors (Lipinski definition) is 4. The van der Waals surface area contributed by atoms with Crippen molar-refractivity contribution in [1.29, 1.82) is 0 Å². The number of rotatable bonds is 6. The van der Waals surface area contributed by atoms with Gasteiger partial charge in [-0.25, -0.2) is 0 Å². The molecule has 0 heterocycles. The fourth-order valence-corrected chi connectivity index (χ4v) is 2.22. The smallest absolute Gasteiger partial charge is 0.325 e. The first kappa shape index (κ1) is 15.9. The van der Waals surface area contributed by atoms with Crippen LogP contribution in [0.4, 0.5) is 0 Å². The largest absolute Gasteiger partial charge is 0.504 e. The van der Waals surface area contributed by atoms with Crippen molar-refractivity contribution in [3.63, 3.8) is 0 Å². The molecule has 116 valence electrons. The maximum absolute atomic E-state index is 11.3. The van der Waals surface area contributed by atoms with Gasteiger partial charge < -0.3 is 20.3 Å². The molecule has 0 saturated carbocycles. The molecular weight excluding hydrogens is 282 g/mol. The number of phenolic OH excluding ortho intramolecular Hbond substituents is 1. The first-order valence-electron chi connectivity index (χ1n) is 6.93. The summed E-state index contributed by atoms with van der Waals surface area (Å²) in [4.78, 5) is 11.3. The zero-order chi connectivity index (χ0) is 16.1. The molecule has 0 bridgehead atoms. The first-order chi connectivity index (χ1) is 10.5. The summed E-state index contributed by atoms with van der Waals surface area (Å²) >= 11 is 0. The van der Waals surface area contributed by atoms with Gasteiger partial charge in [-0.3, -0.25) is 4.79 Å². The molecular formula is C17H19NO4. The minimum atomic E-state index is -0.985. The fourth-order valence-electron chi connectivity index (χ4n) is 2.22. The monoisotopic (exact) mass is 301 g/mol. The summed E-state index contributed by atoms with van der Waals surface area (Å²) in [7, 11) is 1.57. The van der Waals surface area contributed by atoms with Crippen LogP contribution in [0.15, 0.2) is 42.5 Å². The molecule has 5 heteroatoms. The quantitative estimate of drug-likeness (QED) is 0.764. The molecule has 3 N–H and O–H groups in total. The van der Waals surface area contributed by atoms with E-state index in [2.05, 4.69) is 5.32 Å². The Kier molecular flexibility index (Phi) is 5.01. The average molecular weight is 301 g/mol. The summed E-state index contributed by atoms with van der Waals surface area (Å²) < 4.78 is 5.65. The molecule has 0 aliphatic rings. The summed E-state index contributed by atoms with van der Waals surface area (Å²) in [5, 5.41) is 22.0. The van der Waals surface area contributed by atoms with Crippen molar-refractivity contribution in [2.24, 2.45) is 0 Å². The minimum Gasteiger partial charge on any atom is -0.504 e. The Morgan fingerprint density at radius 1 is 1.27 bits per heavy atom. The minimum absolute atomic E-state index is 0.0277. The highest BCUT2D eigenvalue weighted by molar-refractivity contribution is 5.76. The van der Waals surface area contributed by atoms with Crippen LogP contribution in [0.3, 0.4) is 0 Å². The molecule has 2 aromatic carbocycles. The van der Waals surface area contributed by atoms with E-state index < -0.39 is 12.0 Å². The molecule has 1 atom stereocenters. The second-order valence-electron chi connectivity index (χ2n) is 5.02. The van der Waals surface area contributed by atoms with Gasteiger partial charge in [-0.1, -0.05) is 30.3 Å². The van der Waals surface area contributed by atoms with Crippen LogP contribution >= 0.6 is 0 Å². The predicted octanol–water partition coefficient (Wildman–Crippen LogP) is 2.62. The third-order valence-corrected chi connectivity index (χ3v) is 3.39. The summed E-state index contributed by atoms with van der Waals surface area (Å²) in [6, 6.07) is 11.9. The molecule has 22 heavy (non-hydrogen) atoms. The Morgan fingerprint density at radius 3 is 2.55 bits per heavy atom. The number of nitrogens with one attached hydrogen (secondary N) is 1. The second-order valence-corrected chi connectivity index (χ2v) is 5.02. The van der Waals surface area contributed by atoms with Crippen LogP contribution in [0.2, 0.25) is 0 Å². The van der Waals surface area contributed by atoms with Crippen LogP contribution in [0.5, 0.6) is 11.5 Å². The number of carboxylic acid groups (broad SMARTS) is 1. The molecule has 0 amide bonds. The second kappa shape index (κ2) is 6.95. The molecule has 0 saturated heterocycles. The normalized spacial score (nSPS) is 11.9. The van der Waals surface area contributed by atoms with E-state index in [1.54, 1.807) is 26.1 Å². The van der Waals surface area contributed by atoms with Gasteiger partial charge in [0.25, 0.3) is 0 Å².